The summed E-state index contributed by atoms with van der Waals surface area (Å²) in [7, 11) is 0. The SMILES string of the molecule is Cc1cnc(CNc2nc(NN)nc(OC(C)C)n2)o1. The van der Waals surface area contributed by atoms with Gasteiger partial charge in [0.1, 0.15) is 5.76 Å². The number of hydrogen-bond donors (Lipinski definition) is 3. The van der Waals surface area contributed by atoms with Gasteiger partial charge in [0.05, 0.1) is 18.8 Å². The molecule has 0 aliphatic heterocycles. The summed E-state index contributed by atoms with van der Waals surface area (Å²) < 4.78 is 10.8. The third kappa shape index (κ3) is 3.79. The molecule has 4 N–H and O–H groups in total. The molecule has 2 aromatic rings. The lowest BCUT2D eigenvalue weighted by molar-refractivity contribution is 0.222. The maximum atomic E-state index is 5.42. The van der Waals surface area contributed by atoms with Crippen molar-refractivity contribution < 1.29 is 9.15 Å². The largest absolute Gasteiger partial charge is 0.461 e. The van der Waals surface area contributed by atoms with E-state index in [0.29, 0.717) is 18.4 Å². The van der Waals surface area contributed by atoms with Crippen LogP contribution in [0.15, 0.2) is 10.6 Å². The fraction of sp³-hybridized carbons (Fsp3) is 0.455. The Morgan fingerprint density at radius 1 is 1.30 bits per heavy atom. The van der Waals surface area contributed by atoms with Crippen LogP contribution in [0.25, 0.3) is 0 Å². The van der Waals surface area contributed by atoms with Crippen molar-refractivity contribution >= 4 is 11.9 Å². The van der Waals surface area contributed by atoms with Gasteiger partial charge in [0.25, 0.3) is 0 Å². The predicted molar refractivity (Wildman–Crippen MR) is 72.0 cm³/mol. The summed E-state index contributed by atoms with van der Waals surface area (Å²) in [4.78, 5) is 16.2. The Hall–Kier alpha value is -2.42. The Labute approximate surface area is 116 Å². The number of rotatable bonds is 6. The zero-order valence-corrected chi connectivity index (χ0v) is 11.5. The molecule has 2 rings (SSSR count). The number of hydrogen-bond acceptors (Lipinski definition) is 9. The Balaban J connectivity index is 2.09. The van der Waals surface area contributed by atoms with E-state index in [2.05, 4.69) is 30.7 Å². The van der Waals surface area contributed by atoms with Crippen LogP contribution in [0.2, 0.25) is 0 Å². The molecule has 0 saturated carbocycles. The van der Waals surface area contributed by atoms with Crippen LogP contribution in [0.4, 0.5) is 11.9 Å². The Morgan fingerprint density at radius 2 is 2.05 bits per heavy atom. The van der Waals surface area contributed by atoms with Crippen molar-refractivity contribution in [3.63, 3.8) is 0 Å². The Morgan fingerprint density at radius 3 is 2.65 bits per heavy atom. The van der Waals surface area contributed by atoms with Crippen LogP contribution in [-0.2, 0) is 6.54 Å². The van der Waals surface area contributed by atoms with Gasteiger partial charge < -0.3 is 14.5 Å². The average Bonchev–Trinajstić information content (AvgIpc) is 2.81. The number of nitrogens with one attached hydrogen (secondary N) is 2. The smallest absolute Gasteiger partial charge is 0.323 e. The fourth-order valence-electron chi connectivity index (χ4n) is 1.40. The minimum Gasteiger partial charge on any atom is -0.461 e. The van der Waals surface area contributed by atoms with E-state index in [1.165, 1.54) is 0 Å². The van der Waals surface area contributed by atoms with Crippen LogP contribution in [0.3, 0.4) is 0 Å². The predicted octanol–water partition coefficient (Wildman–Crippen LogP) is 0.853. The second-order valence-corrected chi connectivity index (χ2v) is 4.29. The number of aryl methyl sites for hydroxylation is 1. The summed E-state index contributed by atoms with van der Waals surface area (Å²) in [6, 6.07) is 0.189. The maximum absolute atomic E-state index is 5.42. The summed E-state index contributed by atoms with van der Waals surface area (Å²) in [6.07, 6.45) is 1.59. The van der Waals surface area contributed by atoms with Crippen LogP contribution in [-0.4, -0.2) is 26.0 Å². The second kappa shape index (κ2) is 6.15. The number of ether oxygens (including phenoxy) is 1. The lowest BCUT2D eigenvalue weighted by Gasteiger charge is -2.10. The first-order chi connectivity index (χ1) is 9.56. The van der Waals surface area contributed by atoms with Crippen molar-refractivity contribution in [3.05, 3.63) is 17.8 Å². The van der Waals surface area contributed by atoms with Crippen molar-refractivity contribution in [3.8, 4) is 6.01 Å². The lowest BCUT2D eigenvalue weighted by atomic mass is 10.5. The number of nitrogen functional groups attached to an aromatic ring is 1. The fourth-order valence-corrected chi connectivity index (χ4v) is 1.40. The van der Waals surface area contributed by atoms with E-state index in [-0.39, 0.29) is 18.1 Å². The average molecular weight is 279 g/mol. The van der Waals surface area contributed by atoms with Crippen molar-refractivity contribution in [1.29, 1.82) is 0 Å². The van der Waals surface area contributed by atoms with Gasteiger partial charge in [-0.2, -0.15) is 15.0 Å². The highest BCUT2D eigenvalue weighted by atomic mass is 16.5. The number of nitrogens with two attached hydrogens (primary N) is 1. The topological polar surface area (TPSA) is 124 Å². The molecule has 2 heterocycles. The number of aromatic nitrogens is 4. The van der Waals surface area contributed by atoms with E-state index in [1.54, 1.807) is 6.20 Å². The molecule has 9 heteroatoms. The van der Waals surface area contributed by atoms with E-state index in [4.69, 9.17) is 15.0 Å². The third-order valence-electron chi connectivity index (χ3n) is 2.15. The molecule has 0 saturated heterocycles. The molecule has 0 spiro atoms. The molecule has 0 radical (unpaired) electrons. The van der Waals surface area contributed by atoms with E-state index < -0.39 is 0 Å². The van der Waals surface area contributed by atoms with Crippen LogP contribution < -0.4 is 21.3 Å². The Bertz CT molecular complexity index is 570. The number of oxazole rings is 1. The normalized spacial score (nSPS) is 10.7. The van der Waals surface area contributed by atoms with Gasteiger partial charge in [-0.1, -0.05) is 0 Å². The van der Waals surface area contributed by atoms with Gasteiger partial charge in [-0.3, -0.25) is 5.43 Å². The van der Waals surface area contributed by atoms with Crippen LogP contribution in [0.5, 0.6) is 6.01 Å². The van der Waals surface area contributed by atoms with Crippen LogP contribution in [0, 0.1) is 6.92 Å². The van der Waals surface area contributed by atoms with Gasteiger partial charge in [0.2, 0.25) is 17.8 Å². The van der Waals surface area contributed by atoms with Gasteiger partial charge in [0.15, 0.2) is 0 Å². The quantitative estimate of drug-likeness (QED) is 0.521. The summed E-state index contributed by atoms with van der Waals surface area (Å²) >= 11 is 0. The molecular formula is C11H17N7O2. The van der Waals surface area contributed by atoms with Gasteiger partial charge >= 0.3 is 6.01 Å². The molecule has 108 valence electrons. The monoisotopic (exact) mass is 279 g/mol. The van der Waals surface area contributed by atoms with Gasteiger partial charge in [0, 0.05) is 0 Å². The standard InChI is InChI=1S/C11H17N7O2/c1-6(2)19-11-16-9(15-10(17-11)18-12)14-5-8-13-4-7(3)20-8/h4,6H,5,12H2,1-3H3,(H2,14,15,16,17,18). The highest BCUT2D eigenvalue weighted by Gasteiger charge is 2.09. The van der Waals surface area contributed by atoms with Gasteiger partial charge in [-0.25, -0.2) is 10.8 Å². The summed E-state index contributed by atoms with van der Waals surface area (Å²) in [5.74, 6) is 7.12. The maximum Gasteiger partial charge on any atom is 0.323 e. The Kier molecular flexibility index (Phi) is 4.31. The van der Waals surface area contributed by atoms with Crippen molar-refractivity contribution in [2.75, 3.05) is 10.7 Å². The zero-order chi connectivity index (χ0) is 14.5. The van der Waals surface area contributed by atoms with Crippen LogP contribution >= 0.6 is 0 Å². The molecule has 2 aromatic heterocycles. The number of nitrogens with zero attached hydrogens (tertiary/aromatic N) is 4. The van der Waals surface area contributed by atoms with E-state index in [0.717, 1.165) is 5.76 Å². The van der Waals surface area contributed by atoms with Gasteiger partial charge in [-0.15, -0.1) is 0 Å². The van der Waals surface area contributed by atoms with Crippen LogP contribution in [0.1, 0.15) is 25.5 Å². The molecular weight excluding hydrogens is 262 g/mol. The minimum absolute atomic E-state index is 0.0507. The van der Waals surface area contributed by atoms with Crippen molar-refractivity contribution in [1.82, 2.24) is 19.9 Å². The highest BCUT2D eigenvalue weighted by Crippen LogP contribution is 2.12. The number of anilines is 2. The summed E-state index contributed by atoms with van der Waals surface area (Å²) in [6.45, 7) is 5.93. The highest BCUT2D eigenvalue weighted by molar-refractivity contribution is 5.34. The summed E-state index contributed by atoms with van der Waals surface area (Å²) in [5.41, 5.74) is 2.36. The molecule has 0 aliphatic rings. The molecule has 9 nitrogen and oxygen atoms in total. The van der Waals surface area contributed by atoms with E-state index in [1.807, 2.05) is 20.8 Å². The van der Waals surface area contributed by atoms with Crippen molar-refractivity contribution in [2.45, 2.75) is 33.4 Å². The molecule has 20 heavy (non-hydrogen) atoms. The molecule has 0 atom stereocenters. The first-order valence-corrected chi connectivity index (χ1v) is 6.11. The minimum atomic E-state index is -0.0507. The molecule has 0 fully saturated rings. The lowest BCUT2D eigenvalue weighted by Crippen LogP contribution is -2.16. The third-order valence-corrected chi connectivity index (χ3v) is 2.15. The molecule has 0 bridgehead atoms. The first kappa shape index (κ1) is 14.0. The van der Waals surface area contributed by atoms with E-state index in [9.17, 15) is 0 Å². The van der Waals surface area contributed by atoms with Crippen molar-refractivity contribution in [2.24, 2.45) is 5.84 Å². The second-order valence-electron chi connectivity index (χ2n) is 4.29. The zero-order valence-electron chi connectivity index (χ0n) is 11.5. The molecule has 0 aliphatic carbocycles. The first-order valence-electron chi connectivity index (χ1n) is 6.11. The summed E-state index contributed by atoms with van der Waals surface area (Å²) in [5, 5.41) is 2.97. The van der Waals surface area contributed by atoms with Gasteiger partial charge in [-0.05, 0) is 20.8 Å². The number of hydrazine groups is 1. The van der Waals surface area contributed by atoms with E-state index >= 15 is 0 Å². The molecule has 0 amide bonds. The molecule has 0 unspecified atom stereocenters. The molecule has 0 aromatic carbocycles.